The number of likely N-dealkylation sites (tertiary alicyclic amines) is 1. The summed E-state index contributed by atoms with van der Waals surface area (Å²) >= 11 is 0. The lowest BCUT2D eigenvalue weighted by Gasteiger charge is -2.37. The number of piperazine rings is 1. The lowest BCUT2D eigenvalue weighted by molar-refractivity contribution is -0.144. The van der Waals surface area contributed by atoms with E-state index in [1.165, 1.54) is 0 Å². The van der Waals surface area contributed by atoms with Gasteiger partial charge in [0.05, 0.1) is 31.6 Å². The summed E-state index contributed by atoms with van der Waals surface area (Å²) < 4.78 is 11.6. The second-order valence-corrected chi connectivity index (χ2v) is 8.86. The van der Waals surface area contributed by atoms with Crippen LogP contribution in [0.2, 0.25) is 0 Å². The molecule has 3 saturated heterocycles. The van der Waals surface area contributed by atoms with Crippen LogP contribution in [0.3, 0.4) is 0 Å². The molecule has 1 aromatic carbocycles. The zero-order chi connectivity index (χ0) is 21.6. The number of fused-ring (bicyclic) bond motifs is 1. The first-order valence-corrected chi connectivity index (χ1v) is 11.0. The highest BCUT2D eigenvalue weighted by atomic mass is 16.5. The highest BCUT2D eigenvalue weighted by Gasteiger charge is 2.67. The van der Waals surface area contributed by atoms with Gasteiger partial charge in [0.1, 0.15) is 11.4 Å². The summed E-state index contributed by atoms with van der Waals surface area (Å²) in [6.45, 7) is 8.62. The van der Waals surface area contributed by atoms with Gasteiger partial charge >= 0.3 is 0 Å². The molecular weight excluding hydrogens is 394 g/mol. The van der Waals surface area contributed by atoms with Gasteiger partial charge in [0.25, 0.3) is 0 Å². The van der Waals surface area contributed by atoms with E-state index in [4.69, 9.17) is 9.47 Å². The molecule has 2 bridgehead atoms. The van der Waals surface area contributed by atoms with E-state index in [0.29, 0.717) is 26.2 Å². The van der Waals surface area contributed by atoms with Gasteiger partial charge in [-0.05, 0) is 17.7 Å². The Morgan fingerprint density at radius 1 is 1.32 bits per heavy atom. The minimum Gasteiger partial charge on any atom is -0.497 e. The van der Waals surface area contributed by atoms with Gasteiger partial charge in [0, 0.05) is 39.3 Å². The Labute approximate surface area is 182 Å². The molecule has 4 aliphatic rings. The number of nitrogens with zero attached hydrogens (tertiary/aromatic N) is 3. The fourth-order valence-electron chi connectivity index (χ4n) is 5.53. The number of rotatable bonds is 6. The molecule has 7 heteroatoms. The van der Waals surface area contributed by atoms with Gasteiger partial charge in [-0.3, -0.25) is 14.5 Å². The topological polar surface area (TPSA) is 62.3 Å². The monoisotopic (exact) mass is 423 g/mol. The van der Waals surface area contributed by atoms with Crippen LogP contribution in [0, 0.1) is 11.8 Å². The molecular formula is C24H29N3O4. The molecule has 7 nitrogen and oxygen atoms in total. The number of ether oxygens (including phenoxy) is 2. The van der Waals surface area contributed by atoms with Crippen LogP contribution in [-0.2, 0) is 20.9 Å². The van der Waals surface area contributed by atoms with Crippen molar-refractivity contribution in [2.45, 2.75) is 18.2 Å². The number of amides is 2. The van der Waals surface area contributed by atoms with Crippen LogP contribution >= 0.6 is 0 Å². The molecule has 2 amide bonds. The molecule has 1 spiro atoms. The predicted octanol–water partition coefficient (Wildman–Crippen LogP) is 1.31. The highest BCUT2D eigenvalue weighted by Crippen LogP contribution is 2.52. The van der Waals surface area contributed by atoms with Gasteiger partial charge in [-0.25, -0.2) is 0 Å². The third kappa shape index (κ3) is 3.36. The first-order valence-electron chi connectivity index (χ1n) is 11.0. The maximum absolute atomic E-state index is 13.5. The van der Waals surface area contributed by atoms with Gasteiger partial charge in [0.2, 0.25) is 11.8 Å². The fraction of sp³-hybridized carbons (Fsp3) is 0.500. The third-order valence-corrected chi connectivity index (χ3v) is 7.04. The van der Waals surface area contributed by atoms with E-state index in [1.54, 1.807) is 7.11 Å². The van der Waals surface area contributed by atoms with Crippen LogP contribution in [0.4, 0.5) is 0 Å². The molecule has 0 aliphatic carbocycles. The number of benzene rings is 1. The van der Waals surface area contributed by atoms with Gasteiger partial charge in [-0.1, -0.05) is 30.4 Å². The zero-order valence-corrected chi connectivity index (χ0v) is 17.9. The SMILES string of the molecule is C=CCN1CCN(C(=O)C2C3C(=O)N(Cc4cccc(OC)c4)C[C@@]34C=C[C@@H]2O4)CC1. The lowest BCUT2D eigenvalue weighted by Crippen LogP contribution is -2.53. The Balaban J connectivity index is 1.32. The second kappa shape index (κ2) is 7.80. The first-order chi connectivity index (χ1) is 15.0. The molecule has 2 unspecified atom stereocenters. The van der Waals surface area contributed by atoms with Gasteiger partial charge in [0.15, 0.2) is 0 Å². The van der Waals surface area contributed by atoms with Crippen molar-refractivity contribution in [2.75, 3.05) is 46.4 Å². The van der Waals surface area contributed by atoms with Crippen molar-refractivity contribution < 1.29 is 19.1 Å². The van der Waals surface area contributed by atoms with E-state index >= 15 is 0 Å². The maximum atomic E-state index is 13.5. The van der Waals surface area contributed by atoms with Crippen molar-refractivity contribution in [3.63, 3.8) is 0 Å². The molecule has 4 aliphatic heterocycles. The van der Waals surface area contributed by atoms with E-state index in [0.717, 1.165) is 30.9 Å². The Morgan fingerprint density at radius 3 is 2.87 bits per heavy atom. The molecule has 1 aromatic rings. The second-order valence-electron chi connectivity index (χ2n) is 8.86. The minimum atomic E-state index is -0.675. The fourth-order valence-corrected chi connectivity index (χ4v) is 5.53. The number of methoxy groups -OCH3 is 1. The highest BCUT2D eigenvalue weighted by molar-refractivity contribution is 5.93. The van der Waals surface area contributed by atoms with Crippen molar-refractivity contribution in [1.82, 2.24) is 14.7 Å². The predicted molar refractivity (Wildman–Crippen MR) is 115 cm³/mol. The molecule has 3 fully saturated rings. The summed E-state index contributed by atoms with van der Waals surface area (Å²) in [7, 11) is 1.63. The summed E-state index contributed by atoms with van der Waals surface area (Å²) in [5.41, 5.74) is 0.329. The van der Waals surface area contributed by atoms with E-state index < -0.39 is 17.4 Å². The van der Waals surface area contributed by atoms with E-state index in [9.17, 15) is 9.59 Å². The van der Waals surface area contributed by atoms with Crippen molar-refractivity contribution in [2.24, 2.45) is 11.8 Å². The summed E-state index contributed by atoms with van der Waals surface area (Å²) in [4.78, 5) is 33.0. The molecule has 0 N–H and O–H groups in total. The van der Waals surface area contributed by atoms with Gasteiger partial charge in [-0.2, -0.15) is 0 Å². The average molecular weight is 424 g/mol. The lowest BCUT2D eigenvalue weighted by atomic mass is 9.76. The quantitative estimate of drug-likeness (QED) is 0.646. The number of carbonyl (C=O) groups is 2. The molecule has 5 rings (SSSR count). The number of carbonyl (C=O) groups excluding carboxylic acids is 2. The average Bonchev–Trinajstić information content (AvgIpc) is 3.42. The molecule has 4 heterocycles. The van der Waals surface area contributed by atoms with Crippen LogP contribution in [-0.4, -0.2) is 84.6 Å². The first kappa shape index (κ1) is 20.3. The van der Waals surface area contributed by atoms with E-state index in [2.05, 4.69) is 11.5 Å². The summed E-state index contributed by atoms with van der Waals surface area (Å²) in [6, 6.07) is 7.74. The van der Waals surface area contributed by atoms with Crippen molar-refractivity contribution in [3.8, 4) is 5.75 Å². The maximum Gasteiger partial charge on any atom is 0.230 e. The third-order valence-electron chi connectivity index (χ3n) is 7.04. The largest absolute Gasteiger partial charge is 0.497 e. The van der Waals surface area contributed by atoms with Crippen LogP contribution in [0.5, 0.6) is 5.75 Å². The molecule has 31 heavy (non-hydrogen) atoms. The van der Waals surface area contributed by atoms with Gasteiger partial charge < -0.3 is 19.3 Å². The van der Waals surface area contributed by atoms with E-state index in [1.807, 2.05) is 52.3 Å². The number of hydrogen-bond donors (Lipinski definition) is 0. The molecule has 4 atom stereocenters. The Hall–Kier alpha value is -2.64. The Kier molecular flexibility index (Phi) is 5.10. The molecule has 0 radical (unpaired) electrons. The van der Waals surface area contributed by atoms with Crippen LogP contribution in [0.15, 0.2) is 49.1 Å². The Bertz CT molecular complexity index is 923. The summed E-state index contributed by atoms with van der Waals surface area (Å²) in [6.07, 6.45) is 5.59. The van der Waals surface area contributed by atoms with Crippen molar-refractivity contribution in [3.05, 3.63) is 54.6 Å². The minimum absolute atomic E-state index is 0.0123. The standard InChI is InChI=1S/C24H29N3O4/c1-3-9-25-10-12-26(13-11-25)22(28)20-19-7-8-24(31-19)16-27(23(29)21(20)24)15-17-5-4-6-18(14-17)30-2/h3-8,14,19-21H,1,9-13,15-16H2,2H3/t19-,20?,21?,24-/m0/s1. The zero-order valence-electron chi connectivity index (χ0n) is 17.9. The van der Waals surface area contributed by atoms with Gasteiger partial charge in [-0.15, -0.1) is 6.58 Å². The van der Waals surface area contributed by atoms with Crippen molar-refractivity contribution in [1.29, 1.82) is 0 Å². The molecule has 0 saturated carbocycles. The smallest absolute Gasteiger partial charge is 0.230 e. The normalized spacial score (nSPS) is 31.9. The molecule has 0 aromatic heterocycles. The summed E-state index contributed by atoms with van der Waals surface area (Å²) in [5, 5.41) is 0. The Morgan fingerprint density at radius 2 is 2.13 bits per heavy atom. The number of hydrogen-bond acceptors (Lipinski definition) is 5. The summed E-state index contributed by atoms with van der Waals surface area (Å²) in [5.74, 6) is -0.0387. The van der Waals surface area contributed by atoms with Crippen molar-refractivity contribution >= 4 is 11.8 Å². The molecule has 164 valence electrons. The van der Waals surface area contributed by atoms with Crippen LogP contribution in [0.1, 0.15) is 5.56 Å². The van der Waals surface area contributed by atoms with E-state index in [-0.39, 0.29) is 17.9 Å². The van der Waals surface area contributed by atoms with Crippen LogP contribution in [0.25, 0.3) is 0 Å². The van der Waals surface area contributed by atoms with Crippen LogP contribution < -0.4 is 4.74 Å².